The van der Waals surface area contributed by atoms with Crippen molar-refractivity contribution in [1.29, 1.82) is 0 Å². The molecule has 1 aromatic carbocycles. The quantitative estimate of drug-likeness (QED) is 0.876. The van der Waals surface area contributed by atoms with Crippen molar-refractivity contribution < 1.29 is 13.5 Å². The third kappa shape index (κ3) is 3.28. The predicted molar refractivity (Wildman–Crippen MR) is 70.2 cm³/mol. The van der Waals surface area contributed by atoms with Crippen LogP contribution in [0.5, 0.6) is 6.01 Å². The lowest BCUT2D eigenvalue weighted by Gasteiger charge is -2.09. The van der Waals surface area contributed by atoms with Crippen molar-refractivity contribution in [3.05, 3.63) is 29.8 Å². The molecule has 0 aliphatic heterocycles. The zero-order valence-electron chi connectivity index (χ0n) is 10.9. The molecule has 20 heavy (non-hydrogen) atoms. The van der Waals surface area contributed by atoms with Crippen LogP contribution in [-0.4, -0.2) is 28.6 Å². The molecule has 0 aliphatic rings. The Morgan fingerprint density at radius 2 is 1.90 bits per heavy atom. The average Bonchev–Trinajstić information content (AvgIpc) is 2.43. The number of ether oxygens (including phenoxy) is 1. The number of nitrogens with one attached hydrogen (secondary N) is 2. The topological polar surface area (TPSA) is 72.0 Å². The highest BCUT2D eigenvalue weighted by Crippen LogP contribution is 2.20. The second kappa shape index (κ2) is 6.09. The van der Waals surface area contributed by atoms with Gasteiger partial charge in [0.05, 0.1) is 12.3 Å². The van der Waals surface area contributed by atoms with Crippen molar-refractivity contribution in [2.45, 2.75) is 6.92 Å². The molecule has 8 heteroatoms. The minimum atomic E-state index is -0.615. The first-order valence-electron chi connectivity index (χ1n) is 5.91. The SMILES string of the molecule is CCOc1nc(NC)nc(Nc2cc(F)ccc2F)n1. The summed E-state index contributed by atoms with van der Waals surface area (Å²) in [7, 11) is 1.62. The lowest BCUT2D eigenvalue weighted by atomic mass is 10.3. The highest BCUT2D eigenvalue weighted by molar-refractivity contribution is 5.55. The van der Waals surface area contributed by atoms with E-state index >= 15 is 0 Å². The van der Waals surface area contributed by atoms with Crippen LogP contribution in [0.2, 0.25) is 0 Å². The van der Waals surface area contributed by atoms with Crippen LogP contribution in [0.15, 0.2) is 18.2 Å². The van der Waals surface area contributed by atoms with Crippen molar-refractivity contribution in [2.75, 3.05) is 24.3 Å². The van der Waals surface area contributed by atoms with E-state index in [4.69, 9.17) is 4.74 Å². The van der Waals surface area contributed by atoms with Crippen LogP contribution in [-0.2, 0) is 0 Å². The molecule has 0 atom stereocenters. The molecule has 1 aromatic heterocycles. The Balaban J connectivity index is 2.32. The van der Waals surface area contributed by atoms with Crippen LogP contribution >= 0.6 is 0 Å². The molecule has 0 saturated heterocycles. The third-order valence-corrected chi connectivity index (χ3v) is 2.29. The lowest BCUT2D eigenvalue weighted by Crippen LogP contribution is -2.07. The van der Waals surface area contributed by atoms with E-state index in [2.05, 4.69) is 25.6 Å². The molecule has 0 aliphatic carbocycles. The number of hydrogen-bond acceptors (Lipinski definition) is 6. The van der Waals surface area contributed by atoms with E-state index in [0.717, 1.165) is 18.2 Å². The van der Waals surface area contributed by atoms with Gasteiger partial charge in [0.25, 0.3) is 0 Å². The minimum Gasteiger partial charge on any atom is -0.464 e. The minimum absolute atomic E-state index is 0.0531. The van der Waals surface area contributed by atoms with Crippen molar-refractivity contribution in [1.82, 2.24) is 15.0 Å². The summed E-state index contributed by atoms with van der Waals surface area (Å²) < 4.78 is 31.8. The Hall–Kier alpha value is -2.51. The van der Waals surface area contributed by atoms with Crippen LogP contribution in [0.4, 0.5) is 26.4 Å². The van der Waals surface area contributed by atoms with Gasteiger partial charge in [0.15, 0.2) is 0 Å². The fraction of sp³-hybridized carbons (Fsp3) is 0.250. The summed E-state index contributed by atoms with van der Waals surface area (Å²) in [5.41, 5.74) is -0.0688. The van der Waals surface area contributed by atoms with E-state index in [0.29, 0.717) is 6.61 Å². The molecule has 6 nitrogen and oxygen atoms in total. The zero-order chi connectivity index (χ0) is 14.5. The van der Waals surface area contributed by atoms with Gasteiger partial charge >= 0.3 is 6.01 Å². The van der Waals surface area contributed by atoms with E-state index in [9.17, 15) is 8.78 Å². The second-order valence-electron chi connectivity index (χ2n) is 3.70. The van der Waals surface area contributed by atoms with E-state index in [1.165, 1.54) is 0 Å². The summed E-state index contributed by atoms with van der Waals surface area (Å²) in [6, 6.07) is 3.14. The van der Waals surface area contributed by atoms with Crippen LogP contribution in [0, 0.1) is 11.6 Å². The fourth-order valence-electron chi connectivity index (χ4n) is 1.43. The van der Waals surface area contributed by atoms with E-state index < -0.39 is 11.6 Å². The standard InChI is InChI=1S/C12H13F2N5O/c1-3-20-12-18-10(15-2)17-11(19-12)16-9-6-7(13)4-5-8(9)14/h4-6H,3H2,1-2H3,(H2,15,16,17,18,19). The van der Waals surface area contributed by atoms with Gasteiger partial charge in [-0.25, -0.2) is 8.78 Å². The average molecular weight is 281 g/mol. The number of rotatable bonds is 5. The molecule has 0 radical (unpaired) electrons. The van der Waals surface area contributed by atoms with E-state index in [1.54, 1.807) is 14.0 Å². The Kier molecular flexibility index (Phi) is 4.24. The summed E-state index contributed by atoms with van der Waals surface area (Å²) in [5.74, 6) is -0.877. The first-order valence-corrected chi connectivity index (χ1v) is 5.91. The molecule has 0 spiro atoms. The number of aromatic nitrogens is 3. The maximum atomic E-state index is 13.5. The van der Waals surface area contributed by atoms with Crippen molar-refractivity contribution in [3.63, 3.8) is 0 Å². The van der Waals surface area contributed by atoms with Crippen molar-refractivity contribution in [3.8, 4) is 6.01 Å². The largest absolute Gasteiger partial charge is 0.464 e. The zero-order valence-corrected chi connectivity index (χ0v) is 10.9. The van der Waals surface area contributed by atoms with Crippen LogP contribution in [0.3, 0.4) is 0 Å². The third-order valence-electron chi connectivity index (χ3n) is 2.29. The molecule has 0 fully saturated rings. The van der Waals surface area contributed by atoms with Gasteiger partial charge in [-0.05, 0) is 19.1 Å². The summed E-state index contributed by atoms with van der Waals surface area (Å²) in [5, 5.41) is 5.32. The molecule has 0 bridgehead atoms. The number of nitrogens with zero attached hydrogens (tertiary/aromatic N) is 3. The highest BCUT2D eigenvalue weighted by atomic mass is 19.1. The van der Waals surface area contributed by atoms with Crippen molar-refractivity contribution in [2.24, 2.45) is 0 Å². The monoisotopic (exact) mass is 281 g/mol. The normalized spacial score (nSPS) is 10.2. The van der Waals surface area contributed by atoms with E-state index in [1.807, 2.05) is 0 Å². The smallest absolute Gasteiger partial charge is 0.323 e. The summed E-state index contributed by atoms with van der Waals surface area (Å²) in [6.45, 7) is 2.16. The van der Waals surface area contributed by atoms with E-state index in [-0.39, 0.29) is 23.6 Å². The number of halogens is 2. The Morgan fingerprint density at radius 3 is 2.60 bits per heavy atom. The molecular formula is C12H13F2N5O. The molecule has 1 heterocycles. The van der Waals surface area contributed by atoms with Gasteiger partial charge in [-0.3, -0.25) is 0 Å². The summed E-state index contributed by atoms with van der Waals surface area (Å²) in [6.07, 6.45) is 0. The van der Waals surface area contributed by atoms with Gasteiger partial charge in [0.1, 0.15) is 11.6 Å². The first kappa shape index (κ1) is 13.9. The molecule has 0 unspecified atom stereocenters. The first-order chi connectivity index (χ1) is 9.62. The van der Waals surface area contributed by atoms with Crippen LogP contribution in [0.1, 0.15) is 6.92 Å². The number of anilines is 3. The lowest BCUT2D eigenvalue weighted by molar-refractivity contribution is 0.312. The maximum Gasteiger partial charge on any atom is 0.323 e. The van der Waals surface area contributed by atoms with Gasteiger partial charge in [0.2, 0.25) is 11.9 Å². The highest BCUT2D eigenvalue weighted by Gasteiger charge is 2.09. The van der Waals surface area contributed by atoms with Crippen molar-refractivity contribution >= 4 is 17.6 Å². The number of hydrogen-bond donors (Lipinski definition) is 2. The van der Waals surface area contributed by atoms with Gasteiger partial charge in [-0.2, -0.15) is 15.0 Å². The Bertz CT molecular complexity index is 608. The van der Waals surface area contributed by atoms with Gasteiger partial charge in [-0.1, -0.05) is 0 Å². The molecule has 2 rings (SSSR count). The Morgan fingerprint density at radius 1 is 1.15 bits per heavy atom. The molecular weight excluding hydrogens is 268 g/mol. The predicted octanol–water partition coefficient (Wildman–Crippen LogP) is 2.33. The van der Waals surface area contributed by atoms with Crippen LogP contribution < -0.4 is 15.4 Å². The maximum absolute atomic E-state index is 13.5. The number of benzene rings is 1. The Labute approximate surface area is 114 Å². The molecule has 106 valence electrons. The molecule has 2 aromatic rings. The van der Waals surface area contributed by atoms with Gasteiger partial charge < -0.3 is 15.4 Å². The summed E-state index contributed by atoms with van der Waals surface area (Å²) >= 11 is 0. The molecule has 0 saturated carbocycles. The summed E-state index contributed by atoms with van der Waals surface area (Å²) in [4.78, 5) is 11.9. The molecule has 0 amide bonds. The van der Waals surface area contributed by atoms with Gasteiger partial charge in [-0.15, -0.1) is 0 Å². The fourth-order valence-corrected chi connectivity index (χ4v) is 1.43. The molecule has 2 N–H and O–H groups in total. The van der Waals surface area contributed by atoms with Gasteiger partial charge in [0, 0.05) is 13.1 Å². The second-order valence-corrected chi connectivity index (χ2v) is 3.70. The van der Waals surface area contributed by atoms with Crippen LogP contribution in [0.25, 0.3) is 0 Å².